The van der Waals surface area contributed by atoms with E-state index in [1.807, 2.05) is 32.9 Å². The highest BCUT2D eigenvalue weighted by Gasteiger charge is 2.41. The number of nitrogens with two attached hydrogens (primary N) is 1. The summed E-state index contributed by atoms with van der Waals surface area (Å²) in [5, 5.41) is 3.05. The minimum atomic E-state index is -0.474. The van der Waals surface area contributed by atoms with Crippen molar-refractivity contribution in [1.29, 1.82) is 0 Å². The van der Waals surface area contributed by atoms with Crippen LogP contribution in [0.25, 0.3) is 0 Å². The van der Waals surface area contributed by atoms with E-state index < -0.39 is 5.60 Å². The lowest BCUT2D eigenvalue weighted by atomic mass is 9.72. The zero-order chi connectivity index (χ0) is 14.8. The van der Waals surface area contributed by atoms with Gasteiger partial charge in [0.05, 0.1) is 5.54 Å². The van der Waals surface area contributed by atoms with Crippen molar-refractivity contribution < 1.29 is 9.53 Å². The van der Waals surface area contributed by atoms with Crippen LogP contribution in [0.5, 0.6) is 0 Å². The molecule has 0 aromatic heterocycles. The van der Waals surface area contributed by atoms with E-state index in [0.29, 0.717) is 6.54 Å². The molecule has 1 aromatic rings. The number of carbonyl (C=O) groups excluding carboxylic acids is 1. The Morgan fingerprint density at radius 3 is 2.30 bits per heavy atom. The molecule has 0 bridgehead atoms. The van der Waals surface area contributed by atoms with Gasteiger partial charge in [0.1, 0.15) is 5.60 Å². The van der Waals surface area contributed by atoms with Crippen molar-refractivity contribution >= 4 is 6.09 Å². The first kappa shape index (κ1) is 14.9. The molecule has 20 heavy (non-hydrogen) atoms. The third-order valence-electron chi connectivity index (χ3n) is 3.69. The summed E-state index contributed by atoms with van der Waals surface area (Å²) in [6, 6.07) is 8.15. The molecular weight excluding hydrogens is 252 g/mol. The first-order valence-corrected chi connectivity index (χ1v) is 7.15. The number of amides is 1. The fourth-order valence-electron chi connectivity index (χ4n) is 2.48. The van der Waals surface area contributed by atoms with E-state index in [2.05, 4.69) is 17.4 Å². The number of rotatable bonds is 3. The molecular formula is C16H24N2O2. The van der Waals surface area contributed by atoms with Crippen molar-refractivity contribution in [2.45, 2.75) is 57.7 Å². The molecule has 2 rings (SSSR count). The molecule has 1 aliphatic rings. The van der Waals surface area contributed by atoms with E-state index in [0.717, 1.165) is 30.4 Å². The molecule has 1 aliphatic carbocycles. The molecule has 1 aromatic carbocycles. The fraction of sp³-hybridized carbons (Fsp3) is 0.562. The van der Waals surface area contributed by atoms with E-state index in [9.17, 15) is 4.79 Å². The second-order valence-corrected chi connectivity index (χ2v) is 6.46. The molecule has 0 unspecified atom stereocenters. The van der Waals surface area contributed by atoms with Crippen molar-refractivity contribution in [3.8, 4) is 0 Å². The Morgan fingerprint density at radius 1 is 1.30 bits per heavy atom. The number of nitrogens with one attached hydrogen (secondary N) is 1. The van der Waals surface area contributed by atoms with Crippen LogP contribution in [0, 0.1) is 0 Å². The predicted molar refractivity (Wildman–Crippen MR) is 79.2 cm³/mol. The Bertz CT molecular complexity index is 470. The SMILES string of the molecule is CC(C)(C)OC(=O)NC1(c2ccc(CN)cc2)CCC1. The smallest absolute Gasteiger partial charge is 0.408 e. The van der Waals surface area contributed by atoms with Crippen molar-refractivity contribution in [3.05, 3.63) is 35.4 Å². The van der Waals surface area contributed by atoms with E-state index in [4.69, 9.17) is 10.5 Å². The number of alkyl carbamates (subject to hydrolysis) is 1. The predicted octanol–water partition coefficient (Wildman–Crippen LogP) is 3.05. The third-order valence-corrected chi connectivity index (χ3v) is 3.69. The molecule has 0 heterocycles. The first-order chi connectivity index (χ1) is 9.35. The number of ether oxygens (including phenoxy) is 1. The minimum absolute atomic E-state index is 0.268. The van der Waals surface area contributed by atoms with Gasteiger partial charge in [-0.15, -0.1) is 0 Å². The summed E-state index contributed by atoms with van der Waals surface area (Å²) >= 11 is 0. The monoisotopic (exact) mass is 276 g/mol. The Morgan fingerprint density at radius 2 is 1.90 bits per heavy atom. The van der Waals surface area contributed by atoms with Gasteiger partial charge in [0, 0.05) is 6.54 Å². The second-order valence-electron chi connectivity index (χ2n) is 6.46. The molecule has 4 heteroatoms. The largest absolute Gasteiger partial charge is 0.444 e. The van der Waals surface area contributed by atoms with Crippen molar-refractivity contribution in [2.24, 2.45) is 5.73 Å². The maximum absolute atomic E-state index is 12.0. The van der Waals surface area contributed by atoms with E-state index >= 15 is 0 Å². The van der Waals surface area contributed by atoms with Gasteiger partial charge in [-0.2, -0.15) is 0 Å². The quantitative estimate of drug-likeness (QED) is 0.891. The zero-order valence-corrected chi connectivity index (χ0v) is 12.5. The highest BCUT2D eigenvalue weighted by Crippen LogP contribution is 2.41. The van der Waals surface area contributed by atoms with Crippen LogP contribution >= 0.6 is 0 Å². The number of carbonyl (C=O) groups is 1. The highest BCUT2D eigenvalue weighted by atomic mass is 16.6. The molecule has 0 spiro atoms. The lowest BCUT2D eigenvalue weighted by molar-refractivity contribution is 0.0377. The molecule has 1 saturated carbocycles. The summed E-state index contributed by atoms with van der Waals surface area (Å²) in [7, 11) is 0. The molecule has 4 nitrogen and oxygen atoms in total. The van der Waals surface area contributed by atoms with Gasteiger partial charge in [-0.3, -0.25) is 0 Å². The molecule has 0 saturated heterocycles. The Kier molecular flexibility index (Phi) is 4.04. The third kappa shape index (κ3) is 3.31. The summed E-state index contributed by atoms with van der Waals surface area (Å²) in [5.74, 6) is 0. The molecule has 0 atom stereocenters. The highest BCUT2D eigenvalue weighted by molar-refractivity contribution is 5.69. The molecule has 0 radical (unpaired) electrons. The summed E-state index contributed by atoms with van der Waals surface area (Å²) in [5.41, 5.74) is 7.10. The van der Waals surface area contributed by atoms with E-state index in [1.165, 1.54) is 0 Å². The minimum Gasteiger partial charge on any atom is -0.444 e. The van der Waals surface area contributed by atoms with Gasteiger partial charge in [0.2, 0.25) is 0 Å². The number of hydrogen-bond donors (Lipinski definition) is 2. The van der Waals surface area contributed by atoms with Gasteiger partial charge in [-0.1, -0.05) is 24.3 Å². The van der Waals surface area contributed by atoms with Gasteiger partial charge in [0.15, 0.2) is 0 Å². The van der Waals surface area contributed by atoms with Crippen LogP contribution in [0.4, 0.5) is 4.79 Å². The maximum atomic E-state index is 12.0. The lowest BCUT2D eigenvalue weighted by Gasteiger charge is -2.43. The number of hydrogen-bond acceptors (Lipinski definition) is 3. The summed E-state index contributed by atoms with van der Waals surface area (Å²) < 4.78 is 5.37. The average Bonchev–Trinajstić information content (AvgIpc) is 2.32. The molecule has 1 amide bonds. The topological polar surface area (TPSA) is 64.3 Å². The average molecular weight is 276 g/mol. The Hall–Kier alpha value is -1.55. The van der Waals surface area contributed by atoms with Crippen LogP contribution in [0.3, 0.4) is 0 Å². The maximum Gasteiger partial charge on any atom is 0.408 e. The van der Waals surface area contributed by atoms with Gasteiger partial charge < -0.3 is 15.8 Å². The van der Waals surface area contributed by atoms with Gasteiger partial charge in [-0.25, -0.2) is 4.79 Å². The standard InChI is InChI=1S/C16H24N2O2/c1-15(2,3)20-14(19)18-16(9-4-10-16)13-7-5-12(11-17)6-8-13/h5-8H,4,9-11,17H2,1-3H3,(H,18,19). The van der Waals surface area contributed by atoms with Crippen LogP contribution in [0.1, 0.15) is 51.2 Å². The lowest BCUT2D eigenvalue weighted by Crippen LogP contribution is -2.52. The van der Waals surface area contributed by atoms with Crippen LogP contribution in [0.15, 0.2) is 24.3 Å². The summed E-state index contributed by atoms with van der Waals surface area (Å²) in [6.07, 6.45) is 2.68. The Balaban J connectivity index is 2.11. The molecule has 1 fully saturated rings. The summed E-state index contributed by atoms with van der Waals surface area (Å²) in [4.78, 5) is 12.0. The van der Waals surface area contributed by atoms with Crippen molar-refractivity contribution in [2.75, 3.05) is 0 Å². The van der Waals surface area contributed by atoms with Crippen LogP contribution in [0.2, 0.25) is 0 Å². The molecule has 3 N–H and O–H groups in total. The summed E-state index contributed by atoms with van der Waals surface area (Å²) in [6.45, 7) is 6.15. The first-order valence-electron chi connectivity index (χ1n) is 7.15. The van der Waals surface area contributed by atoms with Gasteiger partial charge in [-0.05, 0) is 51.2 Å². The molecule has 110 valence electrons. The Labute approximate surface area is 120 Å². The molecule has 0 aliphatic heterocycles. The van der Waals surface area contributed by atoms with E-state index in [-0.39, 0.29) is 11.6 Å². The number of benzene rings is 1. The van der Waals surface area contributed by atoms with Gasteiger partial charge >= 0.3 is 6.09 Å². The van der Waals surface area contributed by atoms with Crippen molar-refractivity contribution in [1.82, 2.24) is 5.32 Å². The fourth-order valence-corrected chi connectivity index (χ4v) is 2.48. The van der Waals surface area contributed by atoms with Crippen LogP contribution in [-0.4, -0.2) is 11.7 Å². The zero-order valence-electron chi connectivity index (χ0n) is 12.5. The van der Waals surface area contributed by atoms with Crippen LogP contribution in [-0.2, 0) is 16.8 Å². The van der Waals surface area contributed by atoms with Gasteiger partial charge in [0.25, 0.3) is 0 Å². The van der Waals surface area contributed by atoms with Crippen LogP contribution < -0.4 is 11.1 Å². The second kappa shape index (κ2) is 5.44. The van der Waals surface area contributed by atoms with Crippen molar-refractivity contribution in [3.63, 3.8) is 0 Å². The van der Waals surface area contributed by atoms with E-state index in [1.54, 1.807) is 0 Å². The normalized spacial score (nSPS) is 17.2.